The van der Waals surface area contributed by atoms with E-state index >= 15 is 0 Å². The molecule has 0 saturated carbocycles. The van der Waals surface area contributed by atoms with Gasteiger partial charge in [0.2, 0.25) is 0 Å². The fourth-order valence-corrected chi connectivity index (χ4v) is 3.99. The lowest BCUT2D eigenvalue weighted by molar-refractivity contribution is 0.285. The molecule has 1 heterocycles. The molecule has 0 saturated heterocycles. The van der Waals surface area contributed by atoms with E-state index in [1.54, 1.807) is 25.3 Å². The first-order chi connectivity index (χ1) is 7.59. The Balaban J connectivity index is 2.44. The van der Waals surface area contributed by atoms with Crippen LogP contribution in [0.3, 0.4) is 0 Å². The normalized spacial score (nSPS) is 21.8. The Morgan fingerprint density at radius 2 is 2.25 bits per heavy atom. The summed E-state index contributed by atoms with van der Waals surface area (Å²) in [5.74, 6) is 0.665. The maximum atomic E-state index is 12.0. The number of sulfone groups is 1. The van der Waals surface area contributed by atoms with E-state index in [4.69, 9.17) is 9.84 Å². The Hall–Kier alpha value is -1.07. The van der Waals surface area contributed by atoms with Crippen LogP contribution in [0.15, 0.2) is 23.1 Å². The highest BCUT2D eigenvalue weighted by molar-refractivity contribution is 7.92. The second-order valence-corrected chi connectivity index (χ2v) is 6.05. The molecule has 0 spiro atoms. The molecule has 88 valence electrons. The van der Waals surface area contributed by atoms with Gasteiger partial charge in [0, 0.05) is 6.61 Å². The van der Waals surface area contributed by atoms with Gasteiger partial charge < -0.3 is 9.84 Å². The molecule has 0 bridgehead atoms. The number of methoxy groups -OCH3 is 1. The zero-order chi connectivity index (χ0) is 11.8. The minimum Gasteiger partial charge on any atom is -0.497 e. The van der Waals surface area contributed by atoms with Crippen LogP contribution in [0.2, 0.25) is 0 Å². The number of aliphatic hydroxyl groups is 1. The molecule has 1 atom stereocenters. The summed E-state index contributed by atoms with van der Waals surface area (Å²) in [4.78, 5) is 0.381. The Morgan fingerprint density at radius 3 is 2.88 bits per heavy atom. The van der Waals surface area contributed by atoms with Gasteiger partial charge in [0.05, 0.1) is 17.3 Å². The lowest BCUT2D eigenvalue weighted by Crippen LogP contribution is -2.18. The van der Waals surface area contributed by atoms with Gasteiger partial charge in [-0.25, -0.2) is 8.42 Å². The van der Waals surface area contributed by atoms with Gasteiger partial charge in [0.25, 0.3) is 0 Å². The van der Waals surface area contributed by atoms with Gasteiger partial charge in [-0.15, -0.1) is 0 Å². The van der Waals surface area contributed by atoms with Crippen molar-refractivity contribution in [1.82, 2.24) is 0 Å². The Kier molecular flexibility index (Phi) is 2.90. The van der Waals surface area contributed by atoms with Crippen LogP contribution in [0.4, 0.5) is 0 Å². The molecule has 4 nitrogen and oxygen atoms in total. The number of aliphatic hydroxyl groups excluding tert-OH is 1. The Labute approximate surface area is 94.8 Å². The van der Waals surface area contributed by atoms with Crippen LogP contribution in [-0.2, 0) is 16.3 Å². The second kappa shape index (κ2) is 4.07. The van der Waals surface area contributed by atoms with Gasteiger partial charge in [0.15, 0.2) is 9.84 Å². The lowest BCUT2D eigenvalue weighted by atomic mass is 10.1. The Morgan fingerprint density at radius 1 is 1.50 bits per heavy atom. The second-order valence-electron chi connectivity index (χ2n) is 3.86. The molecule has 0 fully saturated rings. The van der Waals surface area contributed by atoms with Gasteiger partial charge in [-0.1, -0.05) is 0 Å². The summed E-state index contributed by atoms with van der Waals surface area (Å²) < 4.78 is 29.1. The SMILES string of the molecule is COc1ccc2c(c1)CC(CCO)S2(=O)=O. The van der Waals surface area contributed by atoms with Crippen molar-refractivity contribution >= 4 is 9.84 Å². The van der Waals surface area contributed by atoms with E-state index in [-0.39, 0.29) is 6.61 Å². The van der Waals surface area contributed by atoms with Crippen molar-refractivity contribution in [3.8, 4) is 5.75 Å². The largest absolute Gasteiger partial charge is 0.497 e. The smallest absolute Gasteiger partial charge is 0.181 e. The summed E-state index contributed by atoms with van der Waals surface area (Å²) >= 11 is 0. The van der Waals surface area contributed by atoms with Crippen molar-refractivity contribution in [3.05, 3.63) is 23.8 Å². The van der Waals surface area contributed by atoms with E-state index in [2.05, 4.69) is 0 Å². The standard InChI is InChI=1S/C11H14O4S/c1-15-9-2-3-11-8(6-9)7-10(4-5-12)16(11,13)14/h2-3,6,10,12H,4-5,7H2,1H3. The molecule has 0 aliphatic carbocycles. The van der Waals surface area contributed by atoms with Crippen LogP contribution in [0.5, 0.6) is 5.75 Å². The zero-order valence-corrected chi connectivity index (χ0v) is 9.83. The molecule has 2 rings (SSSR count). The van der Waals surface area contributed by atoms with Gasteiger partial charge >= 0.3 is 0 Å². The summed E-state index contributed by atoms with van der Waals surface area (Å²) in [5, 5.41) is 8.36. The summed E-state index contributed by atoms with van der Waals surface area (Å²) in [7, 11) is -1.70. The number of hydrogen-bond donors (Lipinski definition) is 1. The highest BCUT2D eigenvalue weighted by Crippen LogP contribution is 2.34. The molecular formula is C11H14O4S. The molecule has 1 aliphatic rings. The maximum absolute atomic E-state index is 12.0. The van der Waals surface area contributed by atoms with Crippen molar-refractivity contribution in [2.24, 2.45) is 0 Å². The molecule has 0 radical (unpaired) electrons. The molecule has 0 aromatic heterocycles. The molecule has 0 amide bonds. The quantitative estimate of drug-likeness (QED) is 0.850. The molecule has 1 aliphatic heterocycles. The van der Waals surface area contributed by atoms with E-state index < -0.39 is 15.1 Å². The molecule has 1 aromatic carbocycles. The van der Waals surface area contributed by atoms with Crippen LogP contribution in [0.1, 0.15) is 12.0 Å². The third kappa shape index (κ3) is 1.70. The van der Waals surface area contributed by atoms with Crippen molar-refractivity contribution in [2.75, 3.05) is 13.7 Å². The van der Waals surface area contributed by atoms with Gasteiger partial charge in [0.1, 0.15) is 5.75 Å². The van der Waals surface area contributed by atoms with Gasteiger partial charge in [-0.05, 0) is 36.6 Å². The lowest BCUT2D eigenvalue weighted by Gasteiger charge is -2.05. The fraction of sp³-hybridized carbons (Fsp3) is 0.455. The topological polar surface area (TPSA) is 63.6 Å². The highest BCUT2D eigenvalue weighted by atomic mass is 32.2. The number of hydrogen-bond acceptors (Lipinski definition) is 4. The minimum absolute atomic E-state index is 0.102. The predicted molar refractivity (Wildman–Crippen MR) is 59.4 cm³/mol. The summed E-state index contributed by atoms with van der Waals surface area (Å²) in [5.41, 5.74) is 0.790. The maximum Gasteiger partial charge on any atom is 0.181 e. The van der Waals surface area contributed by atoms with Crippen molar-refractivity contribution < 1.29 is 18.3 Å². The first-order valence-corrected chi connectivity index (χ1v) is 6.66. The summed E-state index contributed by atoms with van der Waals surface area (Å²) in [6, 6.07) is 4.99. The number of benzene rings is 1. The number of ether oxygens (including phenoxy) is 1. The monoisotopic (exact) mass is 242 g/mol. The van der Waals surface area contributed by atoms with Gasteiger partial charge in [-0.3, -0.25) is 0 Å². The predicted octanol–water partition coefficient (Wildman–Crippen LogP) is 0.776. The van der Waals surface area contributed by atoms with E-state index in [1.807, 2.05) is 0 Å². The molecule has 16 heavy (non-hydrogen) atoms. The van der Waals surface area contributed by atoms with Crippen LogP contribution < -0.4 is 4.74 Å². The average molecular weight is 242 g/mol. The van der Waals surface area contributed by atoms with Crippen molar-refractivity contribution in [2.45, 2.75) is 23.0 Å². The van der Waals surface area contributed by atoms with Crippen LogP contribution in [-0.4, -0.2) is 32.5 Å². The van der Waals surface area contributed by atoms with E-state index in [9.17, 15) is 8.42 Å². The van der Waals surface area contributed by atoms with E-state index in [1.165, 1.54) is 0 Å². The third-order valence-corrected chi connectivity index (χ3v) is 5.20. The van der Waals surface area contributed by atoms with Crippen LogP contribution in [0.25, 0.3) is 0 Å². The zero-order valence-electron chi connectivity index (χ0n) is 9.01. The molecule has 5 heteroatoms. The molecule has 1 unspecified atom stereocenters. The fourth-order valence-electron chi connectivity index (χ4n) is 2.06. The third-order valence-electron chi connectivity index (χ3n) is 2.91. The van der Waals surface area contributed by atoms with E-state index in [0.29, 0.717) is 23.5 Å². The number of rotatable bonds is 3. The summed E-state index contributed by atoms with van der Waals surface area (Å²) in [6.45, 7) is -0.102. The molecule has 1 aromatic rings. The average Bonchev–Trinajstić information content (AvgIpc) is 2.51. The summed E-state index contributed by atoms with van der Waals surface area (Å²) in [6.07, 6.45) is 0.759. The van der Waals surface area contributed by atoms with E-state index in [0.717, 1.165) is 5.56 Å². The van der Waals surface area contributed by atoms with Crippen molar-refractivity contribution in [1.29, 1.82) is 0 Å². The first-order valence-electron chi connectivity index (χ1n) is 5.11. The minimum atomic E-state index is -3.25. The number of fused-ring (bicyclic) bond motifs is 1. The van der Waals surface area contributed by atoms with Gasteiger partial charge in [-0.2, -0.15) is 0 Å². The highest BCUT2D eigenvalue weighted by Gasteiger charge is 2.36. The van der Waals surface area contributed by atoms with Crippen LogP contribution in [0, 0.1) is 0 Å². The molecular weight excluding hydrogens is 228 g/mol. The van der Waals surface area contributed by atoms with Crippen molar-refractivity contribution in [3.63, 3.8) is 0 Å². The first kappa shape index (κ1) is 11.4. The molecule has 1 N–H and O–H groups in total. The van der Waals surface area contributed by atoms with Crippen LogP contribution >= 0.6 is 0 Å². The Bertz CT molecular complexity index is 493.